The van der Waals surface area contributed by atoms with Gasteiger partial charge in [-0.15, -0.1) is 6.58 Å². The van der Waals surface area contributed by atoms with Gasteiger partial charge in [-0.1, -0.05) is 6.08 Å². The normalized spacial score (nSPS) is 14.7. The Morgan fingerprint density at radius 2 is 2.07 bits per heavy atom. The van der Waals surface area contributed by atoms with Crippen molar-refractivity contribution in [3.05, 3.63) is 41.9 Å². The number of hydrogen-bond donors (Lipinski definition) is 0. The average Bonchev–Trinajstić information content (AvgIpc) is 2.29. The van der Waals surface area contributed by atoms with E-state index in [0.29, 0.717) is 0 Å². The van der Waals surface area contributed by atoms with Crippen molar-refractivity contribution in [3.8, 4) is 0 Å². The molecule has 1 heteroatoms. The smallest absolute Gasteiger partial charge is 0.221 e. The molecule has 0 fully saturated rings. The van der Waals surface area contributed by atoms with Crippen LogP contribution in [0, 0.1) is 0 Å². The first-order valence-corrected chi connectivity index (χ1v) is 5.93. The summed E-state index contributed by atoms with van der Waals surface area (Å²) in [4.78, 5) is 0. The first kappa shape index (κ1) is 10.4. The summed E-state index contributed by atoms with van der Waals surface area (Å²) in [5, 5.41) is 0. The fraction of sp³-hybridized carbons (Fsp3) is 0.500. The highest BCUT2D eigenvalue weighted by Crippen LogP contribution is 2.22. The summed E-state index contributed by atoms with van der Waals surface area (Å²) < 4.78 is 5.64. The van der Waals surface area contributed by atoms with Crippen LogP contribution in [0.1, 0.15) is 42.6 Å². The summed E-state index contributed by atoms with van der Waals surface area (Å²) in [6, 6.07) is 2.26. The number of rotatable bonds is 4. The van der Waals surface area contributed by atoms with Gasteiger partial charge < -0.3 is 0 Å². The van der Waals surface area contributed by atoms with Gasteiger partial charge in [0.15, 0.2) is 0 Å². The van der Waals surface area contributed by atoms with Crippen LogP contribution in [0.4, 0.5) is 0 Å². The fourth-order valence-electron chi connectivity index (χ4n) is 2.18. The fourth-order valence-corrected chi connectivity index (χ4v) is 2.18. The van der Waals surface area contributed by atoms with Crippen LogP contribution < -0.4 is 0 Å². The second-order valence-corrected chi connectivity index (χ2v) is 4.28. The van der Waals surface area contributed by atoms with Crippen LogP contribution in [-0.2, 0) is 19.3 Å². The quantitative estimate of drug-likeness (QED) is 0.410. The first-order chi connectivity index (χ1) is 7.40. The molecule has 0 atom stereocenters. The zero-order valence-corrected chi connectivity index (χ0v) is 9.30. The molecule has 0 radical (unpaired) electrons. The minimum Gasteiger partial charge on any atom is -0.221 e. The third-order valence-corrected chi connectivity index (χ3v) is 3.07. The molecule has 1 aromatic rings. The summed E-state index contributed by atoms with van der Waals surface area (Å²) in [6.07, 6.45) is 12.3. The maximum absolute atomic E-state index is 5.64. The Hall–Kier alpha value is -1.11. The lowest BCUT2D eigenvalue weighted by Crippen LogP contribution is -2.03. The van der Waals surface area contributed by atoms with Crippen molar-refractivity contribution < 1.29 is 4.42 Å². The van der Waals surface area contributed by atoms with E-state index in [0.717, 1.165) is 25.0 Å². The highest BCUT2D eigenvalue weighted by molar-refractivity contribution is 5.27. The Morgan fingerprint density at radius 3 is 2.87 bits per heavy atom. The van der Waals surface area contributed by atoms with Crippen LogP contribution in [0.2, 0.25) is 0 Å². The van der Waals surface area contributed by atoms with E-state index < -0.39 is 0 Å². The Kier molecular flexibility index (Phi) is 3.54. The zero-order valence-electron chi connectivity index (χ0n) is 9.30. The molecule has 0 aromatic carbocycles. The number of fused-ring (bicyclic) bond motifs is 1. The molecule has 0 aliphatic heterocycles. The van der Waals surface area contributed by atoms with Gasteiger partial charge in [0.2, 0.25) is 0 Å². The average molecular weight is 203 g/mol. The molecule has 1 heterocycles. The lowest BCUT2D eigenvalue weighted by Gasteiger charge is -2.10. The molecule has 0 N–H and O–H groups in total. The lowest BCUT2D eigenvalue weighted by molar-refractivity contribution is 0.471. The minimum atomic E-state index is 1.04. The van der Waals surface area contributed by atoms with E-state index in [9.17, 15) is 0 Å². The highest BCUT2D eigenvalue weighted by Gasteiger charge is 2.17. The van der Waals surface area contributed by atoms with Crippen LogP contribution in [-0.4, -0.2) is 0 Å². The van der Waals surface area contributed by atoms with E-state index in [1.807, 2.05) is 12.3 Å². The van der Waals surface area contributed by atoms with Crippen LogP contribution in [0.5, 0.6) is 0 Å². The molecule has 0 bridgehead atoms. The van der Waals surface area contributed by atoms with Gasteiger partial charge in [0.1, 0.15) is 0 Å². The Balaban J connectivity index is 2.03. The topological polar surface area (TPSA) is 11.3 Å². The highest BCUT2D eigenvalue weighted by atomic mass is 16.3. The largest absolute Gasteiger partial charge is 0.329 e. The Morgan fingerprint density at radius 1 is 1.27 bits per heavy atom. The molecule has 1 aliphatic rings. The van der Waals surface area contributed by atoms with Crippen molar-refractivity contribution in [1.29, 1.82) is 0 Å². The van der Waals surface area contributed by atoms with Gasteiger partial charge in [-0.25, -0.2) is 4.42 Å². The van der Waals surface area contributed by atoms with Gasteiger partial charge in [0.25, 0.3) is 0 Å². The third-order valence-electron chi connectivity index (χ3n) is 3.07. The van der Waals surface area contributed by atoms with Crippen molar-refractivity contribution in [2.24, 2.45) is 0 Å². The molecule has 0 saturated heterocycles. The Bertz CT molecular complexity index is 341. The molecular weight excluding hydrogens is 184 g/mol. The van der Waals surface area contributed by atoms with Crippen molar-refractivity contribution in [1.82, 2.24) is 0 Å². The zero-order chi connectivity index (χ0) is 10.5. The monoisotopic (exact) mass is 203 g/mol. The predicted molar refractivity (Wildman–Crippen MR) is 62.9 cm³/mol. The minimum absolute atomic E-state index is 1.04. The van der Waals surface area contributed by atoms with Crippen LogP contribution in [0.3, 0.4) is 0 Å². The van der Waals surface area contributed by atoms with Gasteiger partial charge in [-0.2, -0.15) is 0 Å². The van der Waals surface area contributed by atoms with E-state index >= 15 is 0 Å². The molecule has 0 amide bonds. The second kappa shape index (κ2) is 5.11. The van der Waals surface area contributed by atoms with E-state index in [1.54, 1.807) is 0 Å². The molecule has 1 aromatic heterocycles. The van der Waals surface area contributed by atoms with Crippen molar-refractivity contribution in [2.45, 2.75) is 44.9 Å². The molecule has 1 aliphatic carbocycles. The summed E-state index contributed by atoms with van der Waals surface area (Å²) in [5.41, 5.74) is 2.94. The summed E-state index contributed by atoms with van der Waals surface area (Å²) in [5.74, 6) is 1.14. The van der Waals surface area contributed by atoms with Gasteiger partial charge in [0.05, 0.1) is 12.0 Å². The van der Waals surface area contributed by atoms with Crippen molar-refractivity contribution in [2.75, 3.05) is 0 Å². The molecule has 0 saturated carbocycles. The second-order valence-electron chi connectivity index (χ2n) is 4.28. The van der Waals surface area contributed by atoms with E-state index in [-0.39, 0.29) is 0 Å². The standard InChI is InChI=1S/C14H19O/c1-2-3-4-9-14-10-12-7-5-6-8-13(12)11-15-14/h2,10-11H,1,3-9H2/q+1. The van der Waals surface area contributed by atoms with Gasteiger partial charge >= 0.3 is 12.0 Å². The van der Waals surface area contributed by atoms with Gasteiger partial charge in [-0.05, 0) is 44.1 Å². The first-order valence-electron chi connectivity index (χ1n) is 5.93. The maximum Gasteiger partial charge on any atom is 0.329 e. The van der Waals surface area contributed by atoms with E-state index in [4.69, 9.17) is 4.42 Å². The van der Waals surface area contributed by atoms with Crippen LogP contribution in [0.15, 0.2) is 29.4 Å². The van der Waals surface area contributed by atoms with Gasteiger partial charge in [0, 0.05) is 6.07 Å². The molecule has 0 unspecified atom stereocenters. The maximum atomic E-state index is 5.64. The van der Waals surface area contributed by atoms with Crippen molar-refractivity contribution in [3.63, 3.8) is 0 Å². The third kappa shape index (κ3) is 2.68. The molecule has 1 nitrogen and oxygen atoms in total. The van der Waals surface area contributed by atoms with Crippen LogP contribution >= 0.6 is 0 Å². The van der Waals surface area contributed by atoms with Crippen molar-refractivity contribution >= 4 is 0 Å². The van der Waals surface area contributed by atoms with E-state index in [1.165, 1.54) is 36.8 Å². The number of allylic oxidation sites excluding steroid dienone is 1. The number of aryl methyl sites for hydroxylation is 3. The predicted octanol–water partition coefficient (Wildman–Crippen LogP) is 3.95. The van der Waals surface area contributed by atoms with E-state index in [2.05, 4.69) is 12.6 Å². The Labute approximate surface area is 91.8 Å². The molecule has 15 heavy (non-hydrogen) atoms. The SMILES string of the molecule is C=CCCCc1cc2c(c[o+]1)CCCC2. The number of hydrogen-bond acceptors (Lipinski definition) is 0. The summed E-state index contributed by atoms with van der Waals surface area (Å²) in [7, 11) is 0. The van der Waals surface area contributed by atoms with Crippen LogP contribution in [0.25, 0.3) is 0 Å². The molecule has 2 rings (SSSR count). The molecule has 80 valence electrons. The van der Waals surface area contributed by atoms with Gasteiger partial charge in [-0.3, -0.25) is 0 Å². The number of unbranched alkanes of at least 4 members (excludes halogenated alkanes) is 1. The summed E-state index contributed by atoms with van der Waals surface area (Å²) >= 11 is 0. The molecular formula is C14H19O+. The lowest BCUT2D eigenvalue weighted by atomic mass is 9.93. The summed E-state index contributed by atoms with van der Waals surface area (Å²) in [6.45, 7) is 3.73. The molecule has 0 spiro atoms.